The van der Waals surface area contributed by atoms with Gasteiger partial charge in [0.05, 0.1) is 23.8 Å². The Labute approximate surface area is 155 Å². The third-order valence-corrected chi connectivity index (χ3v) is 4.09. The second-order valence-electron chi connectivity index (χ2n) is 6.27. The molecule has 140 valence electrons. The molecule has 0 unspecified atom stereocenters. The maximum absolute atomic E-state index is 11.6. The van der Waals surface area contributed by atoms with Gasteiger partial charge in [-0.25, -0.2) is 9.67 Å². The Kier molecular flexibility index (Phi) is 8.60. The van der Waals surface area contributed by atoms with Crippen LogP contribution in [0.25, 0.3) is 5.69 Å². The summed E-state index contributed by atoms with van der Waals surface area (Å²) in [5, 5.41) is 4.95. The van der Waals surface area contributed by atoms with E-state index in [1.807, 2.05) is 30.3 Å². The SMILES string of the molecule is CCCCCCCCOc1cc(=NC(=O)CC)cnn1-c1ccccc1. The van der Waals surface area contributed by atoms with Gasteiger partial charge < -0.3 is 4.74 Å². The smallest absolute Gasteiger partial charge is 0.245 e. The predicted molar refractivity (Wildman–Crippen MR) is 103 cm³/mol. The highest BCUT2D eigenvalue weighted by molar-refractivity contribution is 5.76. The van der Waals surface area contributed by atoms with E-state index in [0.29, 0.717) is 24.3 Å². The Balaban J connectivity index is 2.10. The van der Waals surface area contributed by atoms with E-state index in [0.717, 1.165) is 18.5 Å². The van der Waals surface area contributed by atoms with Gasteiger partial charge in [0, 0.05) is 12.5 Å². The van der Waals surface area contributed by atoms with Gasteiger partial charge in [-0.15, -0.1) is 0 Å². The summed E-state index contributed by atoms with van der Waals surface area (Å²) in [6.45, 7) is 4.65. The minimum absolute atomic E-state index is 0.161. The molecule has 1 aromatic heterocycles. The van der Waals surface area contributed by atoms with Crippen LogP contribution in [0.2, 0.25) is 0 Å². The van der Waals surface area contributed by atoms with Crippen LogP contribution in [0.4, 0.5) is 0 Å². The number of benzene rings is 1. The average Bonchev–Trinajstić information content (AvgIpc) is 2.68. The molecule has 1 amide bonds. The minimum atomic E-state index is -0.161. The number of hydrogen-bond donors (Lipinski definition) is 0. The molecule has 1 aromatic carbocycles. The molecule has 0 aliphatic carbocycles. The zero-order valence-corrected chi connectivity index (χ0v) is 15.9. The second kappa shape index (κ2) is 11.2. The Morgan fingerprint density at radius 1 is 1.08 bits per heavy atom. The largest absolute Gasteiger partial charge is 0.478 e. The number of para-hydroxylation sites is 1. The molecular weight excluding hydrogens is 326 g/mol. The fourth-order valence-corrected chi connectivity index (χ4v) is 2.61. The van der Waals surface area contributed by atoms with Gasteiger partial charge in [-0.2, -0.15) is 5.10 Å². The van der Waals surface area contributed by atoms with Crippen LogP contribution in [0.3, 0.4) is 0 Å². The topological polar surface area (TPSA) is 56.5 Å². The molecule has 0 aliphatic heterocycles. The molecule has 0 saturated heterocycles. The van der Waals surface area contributed by atoms with E-state index in [1.54, 1.807) is 23.9 Å². The van der Waals surface area contributed by atoms with Crippen molar-refractivity contribution in [3.05, 3.63) is 48.0 Å². The van der Waals surface area contributed by atoms with Crippen LogP contribution in [-0.4, -0.2) is 22.3 Å². The van der Waals surface area contributed by atoms with E-state index in [-0.39, 0.29) is 5.91 Å². The van der Waals surface area contributed by atoms with Crippen LogP contribution in [0.15, 0.2) is 47.6 Å². The summed E-state index contributed by atoms with van der Waals surface area (Å²) < 4.78 is 7.73. The monoisotopic (exact) mass is 355 g/mol. The van der Waals surface area contributed by atoms with Gasteiger partial charge in [0.25, 0.3) is 0 Å². The van der Waals surface area contributed by atoms with Crippen LogP contribution >= 0.6 is 0 Å². The Bertz CT molecular complexity index is 738. The first kappa shape index (κ1) is 19.9. The number of carbonyl (C=O) groups excluding carboxylic acids is 1. The van der Waals surface area contributed by atoms with E-state index in [1.165, 1.54) is 25.7 Å². The molecule has 26 heavy (non-hydrogen) atoms. The quantitative estimate of drug-likeness (QED) is 0.592. The van der Waals surface area contributed by atoms with Gasteiger partial charge in [0.1, 0.15) is 0 Å². The summed E-state index contributed by atoms with van der Waals surface area (Å²) in [6, 6.07) is 11.6. The van der Waals surface area contributed by atoms with Crippen LogP contribution in [0.5, 0.6) is 5.88 Å². The Morgan fingerprint density at radius 3 is 2.54 bits per heavy atom. The first-order valence-corrected chi connectivity index (χ1v) is 9.59. The second-order valence-corrected chi connectivity index (χ2v) is 6.27. The van der Waals surface area contributed by atoms with Gasteiger partial charge in [-0.05, 0) is 18.6 Å². The third kappa shape index (κ3) is 6.47. The number of aromatic nitrogens is 2. The number of ether oxygens (including phenoxy) is 1. The summed E-state index contributed by atoms with van der Waals surface area (Å²) in [6.07, 6.45) is 9.23. The van der Waals surface area contributed by atoms with Crippen LogP contribution in [0, 0.1) is 0 Å². The molecule has 5 heteroatoms. The molecule has 1 heterocycles. The maximum atomic E-state index is 11.6. The summed E-state index contributed by atoms with van der Waals surface area (Å²) in [5.41, 5.74) is 0.916. The number of nitrogens with zero attached hydrogens (tertiary/aromatic N) is 3. The van der Waals surface area contributed by atoms with Crippen LogP contribution in [0.1, 0.15) is 58.8 Å². The van der Waals surface area contributed by atoms with E-state index >= 15 is 0 Å². The van der Waals surface area contributed by atoms with Crippen molar-refractivity contribution >= 4 is 5.91 Å². The number of hydrogen-bond acceptors (Lipinski definition) is 3. The molecular formula is C21H29N3O2. The number of unbranched alkanes of at least 4 members (excludes halogenated alkanes) is 5. The first-order chi connectivity index (χ1) is 12.7. The predicted octanol–water partition coefficient (Wildman–Crippen LogP) is 4.45. The molecule has 0 spiro atoms. The lowest BCUT2D eigenvalue weighted by Crippen LogP contribution is -2.15. The number of rotatable bonds is 10. The van der Waals surface area contributed by atoms with Crippen molar-refractivity contribution in [1.29, 1.82) is 0 Å². The lowest BCUT2D eigenvalue weighted by molar-refractivity contribution is -0.117. The summed E-state index contributed by atoms with van der Waals surface area (Å²) in [5.74, 6) is 0.445. The minimum Gasteiger partial charge on any atom is -0.478 e. The Morgan fingerprint density at radius 2 is 1.81 bits per heavy atom. The maximum Gasteiger partial charge on any atom is 0.245 e. The number of carbonyl (C=O) groups is 1. The van der Waals surface area contributed by atoms with Gasteiger partial charge in [-0.3, -0.25) is 4.79 Å². The van der Waals surface area contributed by atoms with E-state index in [2.05, 4.69) is 17.0 Å². The fourth-order valence-electron chi connectivity index (χ4n) is 2.61. The molecule has 0 N–H and O–H groups in total. The molecule has 0 fully saturated rings. The third-order valence-electron chi connectivity index (χ3n) is 4.09. The van der Waals surface area contributed by atoms with E-state index in [4.69, 9.17) is 4.74 Å². The summed E-state index contributed by atoms with van der Waals surface area (Å²) in [7, 11) is 0. The average molecular weight is 355 g/mol. The fraction of sp³-hybridized carbons (Fsp3) is 0.476. The van der Waals surface area contributed by atoms with Crippen molar-refractivity contribution in [2.45, 2.75) is 58.8 Å². The van der Waals surface area contributed by atoms with Crippen molar-refractivity contribution in [1.82, 2.24) is 9.78 Å². The normalized spacial score (nSPS) is 11.5. The van der Waals surface area contributed by atoms with Crippen molar-refractivity contribution in [3.63, 3.8) is 0 Å². The Hall–Kier alpha value is -2.43. The molecule has 2 rings (SSSR count). The van der Waals surface area contributed by atoms with Gasteiger partial charge in [-0.1, -0.05) is 64.2 Å². The van der Waals surface area contributed by atoms with E-state index in [9.17, 15) is 4.79 Å². The summed E-state index contributed by atoms with van der Waals surface area (Å²) >= 11 is 0. The lowest BCUT2D eigenvalue weighted by atomic mass is 10.1. The zero-order valence-electron chi connectivity index (χ0n) is 15.9. The lowest BCUT2D eigenvalue weighted by Gasteiger charge is -2.13. The first-order valence-electron chi connectivity index (χ1n) is 9.59. The molecule has 0 saturated carbocycles. The standard InChI is InChI=1S/C21H29N3O2/c1-3-5-6-7-8-12-15-26-21-16-18(23-20(25)4-2)17-22-24(21)19-13-10-9-11-14-19/h9-11,13-14,16-17H,3-8,12,15H2,1-2H3. The van der Waals surface area contributed by atoms with Crippen molar-refractivity contribution in [2.75, 3.05) is 6.61 Å². The molecule has 5 nitrogen and oxygen atoms in total. The molecule has 0 bridgehead atoms. The van der Waals surface area contributed by atoms with Gasteiger partial charge in [0.15, 0.2) is 0 Å². The van der Waals surface area contributed by atoms with Crippen molar-refractivity contribution < 1.29 is 9.53 Å². The van der Waals surface area contributed by atoms with Crippen molar-refractivity contribution in [3.8, 4) is 11.6 Å². The van der Waals surface area contributed by atoms with Crippen LogP contribution < -0.4 is 10.1 Å². The van der Waals surface area contributed by atoms with Gasteiger partial charge in [0.2, 0.25) is 11.8 Å². The zero-order chi connectivity index (χ0) is 18.6. The molecule has 0 atom stereocenters. The molecule has 0 radical (unpaired) electrons. The highest BCUT2D eigenvalue weighted by atomic mass is 16.5. The molecule has 0 aliphatic rings. The van der Waals surface area contributed by atoms with Crippen molar-refractivity contribution in [2.24, 2.45) is 4.99 Å². The van der Waals surface area contributed by atoms with Gasteiger partial charge >= 0.3 is 0 Å². The molecule has 2 aromatic rings. The highest BCUT2D eigenvalue weighted by Crippen LogP contribution is 2.15. The van der Waals surface area contributed by atoms with Crippen LogP contribution in [-0.2, 0) is 4.79 Å². The highest BCUT2D eigenvalue weighted by Gasteiger charge is 2.06. The summed E-state index contributed by atoms with van der Waals surface area (Å²) in [4.78, 5) is 15.6. The van der Waals surface area contributed by atoms with E-state index < -0.39 is 0 Å². The number of amides is 1.